The number of halogens is 1. The first-order valence-corrected chi connectivity index (χ1v) is 7.18. The van der Waals surface area contributed by atoms with E-state index in [1.807, 2.05) is 12.1 Å². The fraction of sp³-hybridized carbons (Fsp3) is 0.312. The molecule has 98 valence electrons. The van der Waals surface area contributed by atoms with E-state index in [2.05, 4.69) is 47.1 Å². The summed E-state index contributed by atoms with van der Waals surface area (Å²) in [5, 5.41) is 0. The van der Waals surface area contributed by atoms with E-state index >= 15 is 0 Å². The van der Waals surface area contributed by atoms with Crippen LogP contribution in [0, 0.1) is 5.92 Å². The van der Waals surface area contributed by atoms with Gasteiger partial charge in [0.05, 0.1) is 11.6 Å². The third-order valence-electron chi connectivity index (χ3n) is 3.55. The number of hydrogen-bond acceptors (Lipinski definition) is 2. The molecule has 1 aliphatic heterocycles. The monoisotopic (exact) mass is 272 g/mol. The highest BCUT2D eigenvalue weighted by Gasteiger charge is 2.23. The lowest BCUT2D eigenvalue weighted by Gasteiger charge is -2.34. The van der Waals surface area contributed by atoms with E-state index in [0.717, 1.165) is 24.5 Å². The van der Waals surface area contributed by atoms with Gasteiger partial charge in [0.2, 0.25) is 0 Å². The highest BCUT2D eigenvalue weighted by Crippen LogP contribution is 2.34. The maximum absolute atomic E-state index is 5.89. The summed E-state index contributed by atoms with van der Waals surface area (Å²) in [5.41, 5.74) is 3.61. The van der Waals surface area contributed by atoms with Crippen LogP contribution in [0.2, 0.25) is 0 Å². The molecule has 0 fully saturated rings. The number of hydrogen-bond donors (Lipinski definition) is 0. The summed E-state index contributed by atoms with van der Waals surface area (Å²) < 4.78 is 0. The van der Waals surface area contributed by atoms with Gasteiger partial charge in [0.25, 0.3) is 0 Å². The zero-order valence-electron chi connectivity index (χ0n) is 11.0. The first kappa shape index (κ1) is 12.5. The van der Waals surface area contributed by atoms with Crippen LogP contribution < -0.4 is 4.90 Å². The van der Waals surface area contributed by atoms with Crippen molar-refractivity contribution in [3.8, 4) is 0 Å². The average molecular weight is 273 g/mol. The molecule has 1 unspecified atom stereocenters. The van der Waals surface area contributed by atoms with Crippen LogP contribution in [-0.2, 0) is 12.3 Å². The van der Waals surface area contributed by atoms with Crippen molar-refractivity contribution in [2.24, 2.45) is 5.92 Å². The predicted molar refractivity (Wildman–Crippen MR) is 80.1 cm³/mol. The first-order chi connectivity index (χ1) is 9.28. The van der Waals surface area contributed by atoms with Crippen molar-refractivity contribution in [3.63, 3.8) is 0 Å². The van der Waals surface area contributed by atoms with Gasteiger partial charge in [0.1, 0.15) is 5.82 Å². The van der Waals surface area contributed by atoms with Crippen molar-refractivity contribution in [2.45, 2.75) is 19.2 Å². The molecule has 2 aromatic rings. The zero-order valence-corrected chi connectivity index (χ0v) is 11.8. The Morgan fingerprint density at radius 2 is 2.05 bits per heavy atom. The van der Waals surface area contributed by atoms with E-state index in [9.17, 15) is 0 Å². The molecule has 0 saturated carbocycles. The zero-order chi connectivity index (χ0) is 13.2. The van der Waals surface area contributed by atoms with Gasteiger partial charge in [-0.25, -0.2) is 4.98 Å². The second-order valence-electron chi connectivity index (χ2n) is 5.17. The summed E-state index contributed by atoms with van der Waals surface area (Å²) in [4.78, 5) is 6.95. The normalized spacial score (nSPS) is 18.2. The molecule has 0 amide bonds. The predicted octanol–water partition coefficient (Wildman–Crippen LogP) is 4.15. The first-order valence-electron chi connectivity index (χ1n) is 6.65. The molecule has 0 spiro atoms. The minimum absolute atomic E-state index is 0.457. The van der Waals surface area contributed by atoms with Gasteiger partial charge < -0.3 is 4.90 Å². The van der Waals surface area contributed by atoms with Gasteiger partial charge in [-0.05, 0) is 36.1 Å². The minimum atomic E-state index is 0.457. The fourth-order valence-electron chi connectivity index (χ4n) is 2.71. The summed E-state index contributed by atoms with van der Waals surface area (Å²) in [6, 6.07) is 14.6. The fourth-order valence-corrected chi connectivity index (χ4v) is 2.85. The Balaban J connectivity index is 2.04. The lowest BCUT2D eigenvalue weighted by atomic mass is 9.94. The molecule has 1 atom stereocenters. The molecule has 2 heterocycles. The number of anilines is 2. The standard InChI is InChI=1S/C16H17ClN2/c1-12-9-13-5-2-3-7-15(13)19(11-12)16-8-4-6-14(10-17)18-16/h2-8,12H,9-11H2,1H3. The van der Waals surface area contributed by atoms with Gasteiger partial charge in [0.15, 0.2) is 0 Å². The second kappa shape index (κ2) is 5.22. The molecule has 2 nitrogen and oxygen atoms in total. The van der Waals surface area contributed by atoms with Crippen LogP contribution in [0.1, 0.15) is 18.2 Å². The number of aromatic nitrogens is 1. The van der Waals surface area contributed by atoms with Crippen LogP contribution in [0.4, 0.5) is 11.5 Å². The van der Waals surface area contributed by atoms with Crippen LogP contribution in [-0.4, -0.2) is 11.5 Å². The van der Waals surface area contributed by atoms with E-state index in [1.54, 1.807) is 0 Å². The van der Waals surface area contributed by atoms with Crippen molar-refractivity contribution < 1.29 is 0 Å². The van der Waals surface area contributed by atoms with Gasteiger partial charge in [0, 0.05) is 12.2 Å². The molecule has 0 aliphatic carbocycles. The number of benzene rings is 1. The Morgan fingerprint density at radius 1 is 1.21 bits per heavy atom. The van der Waals surface area contributed by atoms with E-state index < -0.39 is 0 Å². The summed E-state index contributed by atoms with van der Waals surface area (Å²) >= 11 is 5.89. The van der Waals surface area contributed by atoms with E-state index in [4.69, 9.17) is 11.6 Å². The number of rotatable bonds is 2. The van der Waals surface area contributed by atoms with Crippen LogP contribution in [0.3, 0.4) is 0 Å². The maximum atomic E-state index is 5.89. The second-order valence-corrected chi connectivity index (χ2v) is 5.44. The van der Waals surface area contributed by atoms with Crippen molar-refractivity contribution in [3.05, 3.63) is 53.7 Å². The Morgan fingerprint density at radius 3 is 2.89 bits per heavy atom. The van der Waals surface area contributed by atoms with Gasteiger partial charge >= 0.3 is 0 Å². The summed E-state index contributed by atoms with van der Waals surface area (Å²) in [6.07, 6.45) is 1.14. The molecular weight excluding hydrogens is 256 g/mol. The van der Waals surface area contributed by atoms with Gasteiger partial charge in [-0.15, -0.1) is 11.6 Å². The van der Waals surface area contributed by atoms with Crippen molar-refractivity contribution in [1.82, 2.24) is 4.98 Å². The molecule has 3 rings (SSSR count). The quantitative estimate of drug-likeness (QED) is 0.764. The van der Waals surface area contributed by atoms with Crippen LogP contribution in [0.15, 0.2) is 42.5 Å². The van der Waals surface area contributed by atoms with Crippen LogP contribution in [0.5, 0.6) is 0 Å². The maximum Gasteiger partial charge on any atom is 0.133 e. The molecule has 1 aliphatic rings. The molecule has 0 N–H and O–H groups in total. The number of nitrogens with zero attached hydrogens (tertiary/aromatic N) is 2. The third-order valence-corrected chi connectivity index (χ3v) is 3.82. The minimum Gasteiger partial charge on any atom is -0.326 e. The molecule has 19 heavy (non-hydrogen) atoms. The Labute approximate surface area is 119 Å². The Bertz CT molecular complexity index is 582. The van der Waals surface area contributed by atoms with E-state index in [1.165, 1.54) is 11.3 Å². The SMILES string of the molecule is CC1Cc2ccccc2N(c2cccc(CCl)n2)C1. The smallest absolute Gasteiger partial charge is 0.133 e. The largest absolute Gasteiger partial charge is 0.326 e. The van der Waals surface area contributed by atoms with Gasteiger partial charge in [-0.1, -0.05) is 31.2 Å². The van der Waals surface area contributed by atoms with E-state index in [0.29, 0.717) is 11.8 Å². The number of fused-ring (bicyclic) bond motifs is 1. The van der Waals surface area contributed by atoms with Gasteiger partial charge in [-0.3, -0.25) is 0 Å². The topological polar surface area (TPSA) is 16.1 Å². The lowest BCUT2D eigenvalue weighted by molar-refractivity contribution is 0.560. The van der Waals surface area contributed by atoms with Crippen molar-refractivity contribution in [1.29, 1.82) is 0 Å². The summed E-state index contributed by atoms with van der Waals surface area (Å²) in [5.74, 6) is 2.09. The van der Waals surface area contributed by atoms with Crippen molar-refractivity contribution >= 4 is 23.1 Å². The van der Waals surface area contributed by atoms with Crippen LogP contribution >= 0.6 is 11.6 Å². The molecular formula is C16H17ClN2. The molecule has 3 heteroatoms. The highest BCUT2D eigenvalue weighted by atomic mass is 35.5. The Hall–Kier alpha value is -1.54. The number of alkyl halides is 1. The van der Waals surface area contributed by atoms with Crippen molar-refractivity contribution in [2.75, 3.05) is 11.4 Å². The number of pyridine rings is 1. The summed E-state index contributed by atoms with van der Waals surface area (Å²) in [7, 11) is 0. The van der Waals surface area contributed by atoms with E-state index in [-0.39, 0.29) is 0 Å². The highest BCUT2D eigenvalue weighted by molar-refractivity contribution is 6.16. The molecule has 1 aromatic carbocycles. The van der Waals surface area contributed by atoms with Crippen LogP contribution in [0.25, 0.3) is 0 Å². The molecule has 0 saturated heterocycles. The molecule has 0 bridgehead atoms. The summed E-state index contributed by atoms with van der Waals surface area (Å²) in [6.45, 7) is 3.30. The average Bonchev–Trinajstić information content (AvgIpc) is 2.46. The Kier molecular flexibility index (Phi) is 3.43. The molecule has 1 aromatic heterocycles. The molecule has 0 radical (unpaired) electrons. The third kappa shape index (κ3) is 2.45. The lowest BCUT2D eigenvalue weighted by Crippen LogP contribution is -2.31. The van der Waals surface area contributed by atoms with Gasteiger partial charge in [-0.2, -0.15) is 0 Å². The number of para-hydroxylation sites is 1.